The zero-order valence-corrected chi connectivity index (χ0v) is 19.5. The summed E-state index contributed by atoms with van der Waals surface area (Å²) in [5.41, 5.74) is 1.03. The molecule has 33 heavy (non-hydrogen) atoms. The lowest BCUT2D eigenvalue weighted by molar-refractivity contribution is 0.0942. The van der Waals surface area contributed by atoms with E-state index in [2.05, 4.69) is 15.6 Å². The molecule has 1 aromatic heterocycles. The Kier molecular flexibility index (Phi) is 8.02. The van der Waals surface area contributed by atoms with Crippen LogP contribution in [0.2, 0.25) is 0 Å². The molecule has 1 heterocycles. The normalized spacial score (nSPS) is 17.8. The summed E-state index contributed by atoms with van der Waals surface area (Å²) in [5.74, 6) is -0.505. The first kappa shape index (κ1) is 24.6. The highest BCUT2D eigenvalue weighted by Gasteiger charge is 2.23. The van der Waals surface area contributed by atoms with E-state index in [4.69, 9.17) is 4.98 Å². The average Bonchev–Trinajstić information content (AvgIpc) is 2.79. The van der Waals surface area contributed by atoms with E-state index >= 15 is 0 Å². The Hall–Kier alpha value is -3.00. The van der Waals surface area contributed by atoms with Gasteiger partial charge in [-0.05, 0) is 61.9 Å². The zero-order chi connectivity index (χ0) is 22.7. The van der Waals surface area contributed by atoms with Gasteiger partial charge in [0.15, 0.2) is 11.6 Å². The van der Waals surface area contributed by atoms with Gasteiger partial charge in [-0.1, -0.05) is 12.1 Å². The van der Waals surface area contributed by atoms with E-state index in [9.17, 15) is 13.6 Å². The number of benzene rings is 2. The van der Waals surface area contributed by atoms with Gasteiger partial charge >= 0.3 is 0 Å². The third kappa shape index (κ3) is 5.87. The van der Waals surface area contributed by atoms with Crippen molar-refractivity contribution in [1.29, 1.82) is 0 Å². The quantitative estimate of drug-likeness (QED) is 0.536. The monoisotopic (exact) mass is 475 g/mol. The number of nitrogens with zero attached hydrogens (tertiary/aromatic N) is 3. The molecule has 0 atom stereocenters. The van der Waals surface area contributed by atoms with Crippen LogP contribution in [0.5, 0.6) is 0 Å². The summed E-state index contributed by atoms with van der Waals surface area (Å²) in [6, 6.07) is 11.4. The number of carbonyl (C=O) groups is 1. The van der Waals surface area contributed by atoms with Crippen LogP contribution in [-0.2, 0) is 0 Å². The Labute approximate surface area is 198 Å². The Morgan fingerprint density at radius 3 is 2.45 bits per heavy atom. The minimum Gasteiger partial charge on any atom is -0.362 e. The number of hydrogen-bond donors (Lipinski definition) is 2. The lowest BCUT2D eigenvalue weighted by Gasteiger charge is -2.29. The fourth-order valence-electron chi connectivity index (χ4n) is 4.14. The third-order valence-electron chi connectivity index (χ3n) is 5.92. The molecule has 0 bridgehead atoms. The van der Waals surface area contributed by atoms with E-state index in [1.807, 2.05) is 43.3 Å². The molecular formula is C24H28ClF2N5O. The maximum absolute atomic E-state index is 13.3. The van der Waals surface area contributed by atoms with Crippen LogP contribution in [-0.4, -0.2) is 42.6 Å². The first-order valence-electron chi connectivity index (χ1n) is 10.8. The van der Waals surface area contributed by atoms with Gasteiger partial charge in [0.2, 0.25) is 5.95 Å². The molecule has 0 saturated heterocycles. The SMILES string of the molecule is CN(C)c1nc(N[C@H]2CC[C@@H](CNC(=O)c3ccc(F)c(F)c3)CC2)nc2ccccc12.Cl. The fourth-order valence-corrected chi connectivity index (χ4v) is 4.14. The summed E-state index contributed by atoms with van der Waals surface area (Å²) in [7, 11) is 3.94. The molecule has 0 spiro atoms. The van der Waals surface area contributed by atoms with Crippen molar-refractivity contribution < 1.29 is 13.6 Å². The lowest BCUT2D eigenvalue weighted by Crippen LogP contribution is -2.34. The first-order valence-corrected chi connectivity index (χ1v) is 10.8. The maximum Gasteiger partial charge on any atom is 0.251 e. The number of anilines is 2. The molecule has 1 saturated carbocycles. The standard InChI is InChI=1S/C24H27F2N5O.ClH/c1-31(2)22-18-5-3-4-6-21(18)29-24(30-22)28-17-10-7-15(8-11-17)14-27-23(32)16-9-12-19(25)20(26)13-16;/h3-6,9,12-13,15,17H,7-8,10-11,14H2,1-2H3,(H,27,32)(H,28,29,30);1H/t15-,17+;. The van der Waals surface area contributed by atoms with Crippen molar-refractivity contribution in [2.45, 2.75) is 31.7 Å². The summed E-state index contributed by atoms with van der Waals surface area (Å²) < 4.78 is 26.4. The van der Waals surface area contributed by atoms with Crippen LogP contribution < -0.4 is 15.5 Å². The fraction of sp³-hybridized carbons (Fsp3) is 0.375. The molecule has 176 valence electrons. The highest BCUT2D eigenvalue weighted by molar-refractivity contribution is 5.94. The second-order valence-corrected chi connectivity index (χ2v) is 8.48. The van der Waals surface area contributed by atoms with Crippen LogP contribution in [0.3, 0.4) is 0 Å². The van der Waals surface area contributed by atoms with Crippen molar-refractivity contribution in [2.24, 2.45) is 5.92 Å². The average molecular weight is 476 g/mol. The van der Waals surface area contributed by atoms with Crippen LogP contribution in [0.15, 0.2) is 42.5 Å². The highest BCUT2D eigenvalue weighted by atomic mass is 35.5. The number of para-hydroxylation sites is 1. The molecular weight excluding hydrogens is 448 g/mol. The molecule has 0 unspecified atom stereocenters. The Morgan fingerprint density at radius 2 is 1.76 bits per heavy atom. The number of fused-ring (bicyclic) bond motifs is 1. The van der Waals surface area contributed by atoms with Gasteiger partial charge in [0.05, 0.1) is 5.52 Å². The molecule has 3 aromatic rings. The first-order chi connectivity index (χ1) is 15.4. The van der Waals surface area contributed by atoms with Gasteiger partial charge in [0.25, 0.3) is 5.91 Å². The van der Waals surface area contributed by atoms with Crippen LogP contribution in [0.1, 0.15) is 36.0 Å². The number of halogens is 3. The van der Waals surface area contributed by atoms with Crippen molar-refractivity contribution in [1.82, 2.24) is 15.3 Å². The molecule has 1 aliphatic rings. The smallest absolute Gasteiger partial charge is 0.251 e. The summed E-state index contributed by atoms with van der Waals surface area (Å²) in [6.07, 6.45) is 3.78. The van der Waals surface area contributed by atoms with Gasteiger partial charge in [-0.2, -0.15) is 4.98 Å². The Bertz CT molecular complexity index is 1120. The molecule has 2 aromatic carbocycles. The van der Waals surface area contributed by atoms with Gasteiger partial charge in [-0.15, -0.1) is 12.4 Å². The summed E-state index contributed by atoms with van der Waals surface area (Å²) in [6.45, 7) is 0.516. The van der Waals surface area contributed by atoms with Gasteiger partial charge in [-0.3, -0.25) is 4.79 Å². The minimum absolute atomic E-state index is 0. The molecule has 1 amide bonds. The molecule has 1 aliphatic carbocycles. The van der Waals surface area contributed by atoms with Crippen molar-refractivity contribution in [2.75, 3.05) is 30.9 Å². The second kappa shape index (κ2) is 10.7. The van der Waals surface area contributed by atoms with Gasteiger partial charge in [0, 0.05) is 37.6 Å². The molecule has 1 fully saturated rings. The van der Waals surface area contributed by atoms with Gasteiger partial charge in [-0.25, -0.2) is 13.8 Å². The second-order valence-electron chi connectivity index (χ2n) is 8.48. The molecule has 0 radical (unpaired) electrons. The van der Waals surface area contributed by atoms with E-state index in [1.165, 1.54) is 6.07 Å². The number of nitrogens with one attached hydrogen (secondary N) is 2. The van der Waals surface area contributed by atoms with E-state index in [1.54, 1.807) is 0 Å². The van der Waals surface area contributed by atoms with Gasteiger partial charge < -0.3 is 15.5 Å². The number of rotatable bonds is 6. The highest BCUT2D eigenvalue weighted by Crippen LogP contribution is 2.28. The largest absolute Gasteiger partial charge is 0.362 e. The number of amides is 1. The summed E-state index contributed by atoms with van der Waals surface area (Å²) in [5, 5.41) is 7.34. The topological polar surface area (TPSA) is 70.2 Å². The van der Waals surface area contributed by atoms with Crippen molar-refractivity contribution in [3.63, 3.8) is 0 Å². The minimum atomic E-state index is -1.02. The Balaban J connectivity index is 0.00000306. The molecule has 0 aliphatic heterocycles. The molecule has 6 nitrogen and oxygen atoms in total. The number of carbonyl (C=O) groups excluding carboxylic acids is 1. The van der Waals surface area contributed by atoms with Crippen molar-refractivity contribution >= 4 is 41.0 Å². The third-order valence-corrected chi connectivity index (χ3v) is 5.92. The predicted octanol–water partition coefficient (Wildman–Crippen LogP) is 4.80. The maximum atomic E-state index is 13.3. The lowest BCUT2D eigenvalue weighted by atomic mass is 9.86. The Morgan fingerprint density at radius 1 is 1.03 bits per heavy atom. The zero-order valence-electron chi connectivity index (χ0n) is 18.6. The van der Waals surface area contributed by atoms with Crippen LogP contribution in [0.4, 0.5) is 20.5 Å². The summed E-state index contributed by atoms with van der Waals surface area (Å²) in [4.78, 5) is 23.6. The van der Waals surface area contributed by atoms with Crippen LogP contribution in [0.25, 0.3) is 10.9 Å². The van der Waals surface area contributed by atoms with Crippen LogP contribution >= 0.6 is 12.4 Å². The van der Waals surface area contributed by atoms with Crippen molar-refractivity contribution in [3.8, 4) is 0 Å². The van der Waals surface area contributed by atoms with E-state index < -0.39 is 11.6 Å². The molecule has 9 heteroatoms. The van der Waals surface area contributed by atoms with Crippen molar-refractivity contribution in [3.05, 3.63) is 59.7 Å². The number of aromatic nitrogens is 2. The van der Waals surface area contributed by atoms with E-state index in [0.29, 0.717) is 18.4 Å². The van der Waals surface area contributed by atoms with E-state index in [-0.39, 0.29) is 29.9 Å². The molecule has 2 N–H and O–H groups in total. The predicted molar refractivity (Wildman–Crippen MR) is 129 cm³/mol. The number of hydrogen-bond acceptors (Lipinski definition) is 5. The summed E-state index contributed by atoms with van der Waals surface area (Å²) >= 11 is 0. The van der Waals surface area contributed by atoms with Crippen LogP contribution in [0, 0.1) is 17.6 Å². The van der Waals surface area contributed by atoms with E-state index in [0.717, 1.165) is 54.5 Å². The van der Waals surface area contributed by atoms with Gasteiger partial charge in [0.1, 0.15) is 5.82 Å². The molecule has 4 rings (SSSR count).